The zero-order valence-electron chi connectivity index (χ0n) is 14.6. The van der Waals surface area contributed by atoms with E-state index in [0.717, 1.165) is 0 Å². The van der Waals surface area contributed by atoms with Crippen molar-refractivity contribution in [2.24, 2.45) is 5.73 Å². The lowest BCUT2D eigenvalue weighted by Gasteiger charge is -2.06. The van der Waals surface area contributed by atoms with Gasteiger partial charge in [0.2, 0.25) is 11.7 Å². The normalized spacial score (nSPS) is 10.6. The zero-order valence-corrected chi connectivity index (χ0v) is 14.6. The number of carbonyl (C=O) groups is 3. The third-order valence-electron chi connectivity index (χ3n) is 3.91. The molecular weight excluding hydrogens is 350 g/mol. The molecule has 0 saturated heterocycles. The maximum Gasteiger partial charge on any atom is 0.374 e. The summed E-state index contributed by atoms with van der Waals surface area (Å²) in [5.41, 5.74) is 6.65. The quantitative estimate of drug-likeness (QED) is 0.671. The van der Waals surface area contributed by atoms with E-state index < -0.39 is 17.8 Å². The minimum Gasteiger partial charge on any atom is -0.460 e. The first kappa shape index (κ1) is 18.2. The second-order valence-corrected chi connectivity index (χ2v) is 5.64. The number of benzene rings is 2. The number of hydrogen-bond acceptors (Lipinski definition) is 6. The predicted molar refractivity (Wildman–Crippen MR) is 96.2 cm³/mol. The summed E-state index contributed by atoms with van der Waals surface area (Å²) in [4.78, 5) is 35.5. The third-order valence-corrected chi connectivity index (χ3v) is 3.91. The minimum atomic E-state index is -0.620. The van der Waals surface area contributed by atoms with Gasteiger partial charge in [-0.1, -0.05) is 18.2 Å². The highest BCUT2D eigenvalue weighted by molar-refractivity contribution is 5.97. The molecule has 1 amide bonds. The number of para-hydroxylation sites is 1. The van der Waals surface area contributed by atoms with Gasteiger partial charge in [-0.25, -0.2) is 9.59 Å². The second kappa shape index (κ2) is 7.74. The van der Waals surface area contributed by atoms with E-state index in [1.807, 2.05) is 0 Å². The van der Waals surface area contributed by atoms with Crippen molar-refractivity contribution < 1.29 is 28.3 Å². The first-order chi connectivity index (χ1) is 13.0. The molecule has 7 nitrogen and oxygen atoms in total. The lowest BCUT2D eigenvalue weighted by atomic mass is 10.1. The maximum absolute atomic E-state index is 12.3. The summed E-state index contributed by atoms with van der Waals surface area (Å²) in [5.74, 6) is -1.80. The average molecular weight is 367 g/mol. The highest BCUT2D eigenvalue weighted by Crippen LogP contribution is 2.27. The molecule has 0 atom stereocenters. The van der Waals surface area contributed by atoms with E-state index in [1.165, 1.54) is 24.3 Å². The Kier molecular flexibility index (Phi) is 5.21. The van der Waals surface area contributed by atoms with Crippen LogP contribution in [0.3, 0.4) is 0 Å². The Labute approximate surface area is 154 Å². The summed E-state index contributed by atoms with van der Waals surface area (Å²) in [6.07, 6.45) is 0. The Morgan fingerprint density at radius 3 is 2.26 bits per heavy atom. The molecule has 0 aliphatic carbocycles. The van der Waals surface area contributed by atoms with Crippen molar-refractivity contribution >= 4 is 28.8 Å². The van der Waals surface area contributed by atoms with Crippen LogP contribution in [-0.2, 0) is 16.1 Å². The van der Waals surface area contributed by atoms with Crippen LogP contribution in [0.5, 0.6) is 0 Å². The molecule has 0 saturated carbocycles. The second-order valence-electron chi connectivity index (χ2n) is 5.64. The molecular formula is C20H17NO6. The number of rotatable bonds is 6. The van der Waals surface area contributed by atoms with Gasteiger partial charge in [-0.2, -0.15) is 0 Å². The third kappa shape index (κ3) is 3.82. The SMILES string of the molecule is CCOC(=O)c1oc2ccccc2c1COC(=O)c1ccc(C(N)=O)cc1. The monoisotopic (exact) mass is 367 g/mol. The summed E-state index contributed by atoms with van der Waals surface area (Å²) in [6.45, 7) is 1.72. The fraction of sp³-hybridized carbons (Fsp3) is 0.150. The number of carbonyl (C=O) groups excluding carboxylic acids is 3. The number of furan rings is 1. The van der Waals surface area contributed by atoms with E-state index in [1.54, 1.807) is 31.2 Å². The molecule has 1 aromatic heterocycles. The molecule has 0 aliphatic rings. The molecule has 0 bridgehead atoms. The van der Waals surface area contributed by atoms with Crippen LogP contribution < -0.4 is 5.73 Å². The standard InChI is InChI=1S/C20H17NO6/c1-2-25-20(24)17-15(14-5-3-4-6-16(14)27-17)11-26-19(23)13-9-7-12(8-10-13)18(21)22/h3-10H,2,11H2,1H3,(H2,21,22). The van der Waals surface area contributed by atoms with Gasteiger partial charge in [-0.05, 0) is 37.3 Å². The van der Waals surface area contributed by atoms with Crippen molar-refractivity contribution in [3.8, 4) is 0 Å². The highest BCUT2D eigenvalue weighted by Gasteiger charge is 2.23. The summed E-state index contributed by atoms with van der Waals surface area (Å²) in [7, 11) is 0. The number of amides is 1. The number of ether oxygens (including phenoxy) is 2. The van der Waals surface area contributed by atoms with E-state index >= 15 is 0 Å². The molecule has 3 rings (SSSR count). The maximum atomic E-state index is 12.3. The Morgan fingerprint density at radius 2 is 1.59 bits per heavy atom. The van der Waals surface area contributed by atoms with E-state index in [-0.39, 0.29) is 30.1 Å². The first-order valence-corrected chi connectivity index (χ1v) is 8.25. The number of fused-ring (bicyclic) bond motifs is 1. The molecule has 0 fully saturated rings. The van der Waals surface area contributed by atoms with Crippen molar-refractivity contribution in [3.05, 3.63) is 71.0 Å². The van der Waals surface area contributed by atoms with Crippen molar-refractivity contribution in [1.82, 2.24) is 0 Å². The summed E-state index contributed by atoms with van der Waals surface area (Å²) in [5, 5.41) is 0.664. The van der Waals surface area contributed by atoms with Crippen LogP contribution in [0.4, 0.5) is 0 Å². The van der Waals surface area contributed by atoms with E-state index in [2.05, 4.69) is 0 Å². The zero-order chi connectivity index (χ0) is 19.4. The Morgan fingerprint density at radius 1 is 0.926 bits per heavy atom. The van der Waals surface area contributed by atoms with Gasteiger partial charge in [0.25, 0.3) is 0 Å². The van der Waals surface area contributed by atoms with Gasteiger partial charge in [-0.3, -0.25) is 4.79 Å². The lowest BCUT2D eigenvalue weighted by Crippen LogP contribution is -2.12. The molecule has 1 heterocycles. The van der Waals surface area contributed by atoms with Gasteiger partial charge in [-0.15, -0.1) is 0 Å². The molecule has 2 N–H and O–H groups in total. The van der Waals surface area contributed by atoms with Gasteiger partial charge in [0.15, 0.2) is 0 Å². The first-order valence-electron chi connectivity index (χ1n) is 8.25. The summed E-state index contributed by atoms with van der Waals surface area (Å²) < 4.78 is 15.9. The van der Waals surface area contributed by atoms with Crippen LogP contribution in [0.25, 0.3) is 11.0 Å². The molecule has 0 radical (unpaired) electrons. The lowest BCUT2D eigenvalue weighted by molar-refractivity contribution is 0.0435. The van der Waals surface area contributed by atoms with Gasteiger partial charge in [0, 0.05) is 10.9 Å². The fourth-order valence-electron chi connectivity index (χ4n) is 2.60. The smallest absolute Gasteiger partial charge is 0.374 e. The fourth-order valence-corrected chi connectivity index (χ4v) is 2.60. The van der Waals surface area contributed by atoms with E-state index in [0.29, 0.717) is 16.5 Å². The van der Waals surface area contributed by atoms with Crippen LogP contribution >= 0.6 is 0 Å². The number of nitrogens with two attached hydrogens (primary N) is 1. The summed E-state index contributed by atoms with van der Waals surface area (Å²) >= 11 is 0. The Bertz CT molecular complexity index is 1000. The van der Waals surface area contributed by atoms with Gasteiger partial charge in [0.05, 0.1) is 17.7 Å². The van der Waals surface area contributed by atoms with Crippen LogP contribution in [0.1, 0.15) is 43.8 Å². The minimum absolute atomic E-state index is 0.00919. The molecule has 3 aromatic rings. The van der Waals surface area contributed by atoms with Crippen LogP contribution in [0.2, 0.25) is 0 Å². The highest BCUT2D eigenvalue weighted by atomic mass is 16.5. The number of primary amides is 1. The molecule has 27 heavy (non-hydrogen) atoms. The Balaban J connectivity index is 1.83. The van der Waals surface area contributed by atoms with Gasteiger partial charge < -0.3 is 19.6 Å². The molecule has 7 heteroatoms. The predicted octanol–water partition coefficient (Wildman–Crippen LogP) is 3.07. The van der Waals surface area contributed by atoms with Gasteiger partial charge >= 0.3 is 11.9 Å². The van der Waals surface area contributed by atoms with Crippen molar-refractivity contribution in [2.45, 2.75) is 13.5 Å². The average Bonchev–Trinajstić information content (AvgIpc) is 3.05. The molecule has 0 aliphatic heterocycles. The van der Waals surface area contributed by atoms with Gasteiger partial charge in [0.1, 0.15) is 12.2 Å². The largest absolute Gasteiger partial charge is 0.460 e. The van der Waals surface area contributed by atoms with Crippen LogP contribution in [-0.4, -0.2) is 24.5 Å². The van der Waals surface area contributed by atoms with E-state index in [4.69, 9.17) is 19.6 Å². The van der Waals surface area contributed by atoms with Crippen molar-refractivity contribution in [3.63, 3.8) is 0 Å². The Hall–Kier alpha value is -3.61. The summed E-state index contributed by atoms with van der Waals surface area (Å²) in [6, 6.07) is 12.8. The molecule has 138 valence electrons. The topological polar surface area (TPSA) is 109 Å². The number of esters is 2. The number of hydrogen-bond donors (Lipinski definition) is 1. The van der Waals surface area contributed by atoms with E-state index in [9.17, 15) is 14.4 Å². The van der Waals surface area contributed by atoms with Crippen LogP contribution in [0, 0.1) is 0 Å². The molecule has 2 aromatic carbocycles. The van der Waals surface area contributed by atoms with Crippen molar-refractivity contribution in [2.75, 3.05) is 6.61 Å². The van der Waals surface area contributed by atoms with Crippen LogP contribution in [0.15, 0.2) is 52.9 Å². The molecule has 0 spiro atoms. The van der Waals surface area contributed by atoms with Crippen molar-refractivity contribution in [1.29, 1.82) is 0 Å². The molecule has 0 unspecified atom stereocenters.